The lowest BCUT2D eigenvalue weighted by molar-refractivity contribution is 0.103. The van der Waals surface area contributed by atoms with Crippen LogP contribution in [0.4, 0.5) is 0 Å². The largest absolute Gasteiger partial charge is 0.480 e. The molecule has 2 aromatic heterocycles. The molecule has 1 saturated carbocycles. The van der Waals surface area contributed by atoms with E-state index in [9.17, 15) is 4.79 Å². The van der Waals surface area contributed by atoms with Crippen LogP contribution < -0.4 is 4.74 Å². The third-order valence-corrected chi connectivity index (χ3v) is 3.00. The van der Waals surface area contributed by atoms with E-state index in [4.69, 9.17) is 9.26 Å². The van der Waals surface area contributed by atoms with Gasteiger partial charge in [-0.2, -0.15) is 0 Å². The fraction of sp³-hybridized carbons (Fsp3) is 0.308. The average molecular weight is 244 g/mol. The van der Waals surface area contributed by atoms with Crippen molar-refractivity contribution >= 4 is 5.78 Å². The number of ketones is 1. The zero-order valence-corrected chi connectivity index (χ0v) is 9.92. The Balaban J connectivity index is 2.01. The molecule has 0 aliphatic heterocycles. The molecule has 0 aromatic carbocycles. The summed E-state index contributed by atoms with van der Waals surface area (Å²) in [7, 11) is 1.49. The SMILES string of the molecule is COc1ncccc1C(=O)c1cnoc1C1CC1. The van der Waals surface area contributed by atoms with Crippen LogP contribution in [0.15, 0.2) is 29.0 Å². The van der Waals surface area contributed by atoms with Crippen molar-refractivity contribution in [1.82, 2.24) is 10.1 Å². The van der Waals surface area contributed by atoms with Crippen molar-refractivity contribution in [2.24, 2.45) is 0 Å². The smallest absolute Gasteiger partial charge is 0.224 e. The van der Waals surface area contributed by atoms with Gasteiger partial charge in [-0.15, -0.1) is 0 Å². The minimum absolute atomic E-state index is 0.150. The summed E-state index contributed by atoms with van der Waals surface area (Å²) in [6.45, 7) is 0. The molecule has 2 heterocycles. The molecule has 0 N–H and O–H groups in total. The molecule has 0 spiro atoms. The van der Waals surface area contributed by atoms with Crippen molar-refractivity contribution in [3.8, 4) is 5.88 Å². The topological polar surface area (TPSA) is 65.2 Å². The summed E-state index contributed by atoms with van der Waals surface area (Å²) in [4.78, 5) is 16.4. The van der Waals surface area contributed by atoms with E-state index in [0.717, 1.165) is 12.8 Å². The number of methoxy groups -OCH3 is 1. The fourth-order valence-corrected chi connectivity index (χ4v) is 1.93. The summed E-state index contributed by atoms with van der Waals surface area (Å²) in [6.07, 6.45) is 5.17. The highest BCUT2D eigenvalue weighted by Gasteiger charge is 2.33. The van der Waals surface area contributed by atoms with Crippen molar-refractivity contribution < 1.29 is 14.1 Å². The molecule has 5 heteroatoms. The second-order valence-electron chi connectivity index (χ2n) is 4.27. The molecule has 2 aromatic rings. The van der Waals surface area contributed by atoms with E-state index in [1.165, 1.54) is 13.3 Å². The molecule has 1 aliphatic carbocycles. The van der Waals surface area contributed by atoms with E-state index in [0.29, 0.717) is 28.7 Å². The van der Waals surface area contributed by atoms with Gasteiger partial charge in [-0.3, -0.25) is 4.79 Å². The van der Waals surface area contributed by atoms with Gasteiger partial charge in [0.1, 0.15) is 0 Å². The second kappa shape index (κ2) is 4.25. The highest BCUT2D eigenvalue weighted by molar-refractivity contribution is 6.10. The minimum atomic E-state index is -0.150. The summed E-state index contributed by atoms with van der Waals surface area (Å²) in [6, 6.07) is 3.40. The number of carbonyl (C=O) groups is 1. The predicted molar refractivity (Wildman–Crippen MR) is 62.7 cm³/mol. The summed E-state index contributed by atoms with van der Waals surface area (Å²) in [5.74, 6) is 1.20. The third-order valence-electron chi connectivity index (χ3n) is 3.00. The number of pyridine rings is 1. The van der Waals surface area contributed by atoms with Crippen LogP contribution >= 0.6 is 0 Å². The number of ether oxygens (including phenoxy) is 1. The van der Waals surface area contributed by atoms with Gasteiger partial charge in [-0.05, 0) is 25.0 Å². The Morgan fingerprint density at radius 1 is 1.44 bits per heavy atom. The van der Waals surface area contributed by atoms with Crippen LogP contribution in [-0.2, 0) is 0 Å². The number of rotatable bonds is 4. The van der Waals surface area contributed by atoms with Gasteiger partial charge in [0.25, 0.3) is 0 Å². The Kier molecular flexibility index (Phi) is 2.59. The molecule has 92 valence electrons. The summed E-state index contributed by atoms with van der Waals surface area (Å²) < 4.78 is 10.3. The first-order chi connectivity index (χ1) is 8.81. The van der Waals surface area contributed by atoms with E-state index >= 15 is 0 Å². The van der Waals surface area contributed by atoms with Gasteiger partial charge in [0.2, 0.25) is 11.7 Å². The van der Waals surface area contributed by atoms with Crippen molar-refractivity contribution in [3.05, 3.63) is 41.4 Å². The van der Waals surface area contributed by atoms with Crippen LogP contribution in [0, 0.1) is 0 Å². The van der Waals surface area contributed by atoms with Gasteiger partial charge in [0.15, 0.2) is 5.76 Å². The molecule has 0 bridgehead atoms. The van der Waals surface area contributed by atoms with Crippen LogP contribution in [0.25, 0.3) is 0 Å². The van der Waals surface area contributed by atoms with E-state index in [-0.39, 0.29) is 5.78 Å². The zero-order valence-electron chi connectivity index (χ0n) is 9.92. The Hall–Kier alpha value is -2.17. The number of nitrogens with zero attached hydrogens (tertiary/aromatic N) is 2. The van der Waals surface area contributed by atoms with E-state index in [2.05, 4.69) is 10.1 Å². The average Bonchev–Trinajstić information content (AvgIpc) is 3.15. The Morgan fingerprint density at radius 2 is 2.28 bits per heavy atom. The van der Waals surface area contributed by atoms with E-state index in [1.54, 1.807) is 18.3 Å². The van der Waals surface area contributed by atoms with Crippen LogP contribution in [0.3, 0.4) is 0 Å². The van der Waals surface area contributed by atoms with Crippen molar-refractivity contribution in [1.29, 1.82) is 0 Å². The Labute approximate surface area is 104 Å². The first kappa shape index (κ1) is 11.0. The first-order valence-corrected chi connectivity index (χ1v) is 5.79. The van der Waals surface area contributed by atoms with Crippen LogP contribution in [0.1, 0.15) is 40.4 Å². The summed E-state index contributed by atoms with van der Waals surface area (Å²) in [5, 5.41) is 3.73. The van der Waals surface area contributed by atoms with Gasteiger partial charge in [-0.25, -0.2) is 4.98 Å². The number of carbonyl (C=O) groups excluding carboxylic acids is 1. The quantitative estimate of drug-likeness (QED) is 0.771. The van der Waals surface area contributed by atoms with Gasteiger partial charge < -0.3 is 9.26 Å². The maximum Gasteiger partial charge on any atom is 0.224 e. The predicted octanol–water partition coefficient (Wildman–Crippen LogP) is 2.19. The number of aromatic nitrogens is 2. The maximum atomic E-state index is 12.4. The Morgan fingerprint density at radius 3 is 3.00 bits per heavy atom. The molecular formula is C13H12N2O3. The summed E-state index contributed by atoms with van der Waals surface area (Å²) in [5.41, 5.74) is 0.953. The fourth-order valence-electron chi connectivity index (χ4n) is 1.93. The minimum Gasteiger partial charge on any atom is -0.480 e. The molecule has 0 radical (unpaired) electrons. The lowest BCUT2D eigenvalue weighted by atomic mass is 10.0. The van der Waals surface area contributed by atoms with Crippen molar-refractivity contribution in [3.63, 3.8) is 0 Å². The van der Waals surface area contributed by atoms with Crippen LogP contribution in [-0.4, -0.2) is 23.0 Å². The lowest BCUT2D eigenvalue weighted by Gasteiger charge is -2.05. The molecule has 0 saturated heterocycles. The second-order valence-corrected chi connectivity index (χ2v) is 4.27. The van der Waals surface area contributed by atoms with Crippen molar-refractivity contribution in [2.45, 2.75) is 18.8 Å². The molecule has 0 unspecified atom stereocenters. The molecule has 3 rings (SSSR count). The van der Waals surface area contributed by atoms with Gasteiger partial charge >= 0.3 is 0 Å². The molecule has 18 heavy (non-hydrogen) atoms. The standard InChI is InChI=1S/C13H12N2O3/c1-17-13-9(3-2-6-14-13)11(16)10-7-15-18-12(10)8-4-5-8/h2-3,6-8H,4-5H2,1H3. The third kappa shape index (κ3) is 1.77. The lowest BCUT2D eigenvalue weighted by Crippen LogP contribution is -2.06. The van der Waals surface area contributed by atoms with E-state index in [1.807, 2.05) is 0 Å². The van der Waals surface area contributed by atoms with Gasteiger partial charge in [-0.1, -0.05) is 5.16 Å². The maximum absolute atomic E-state index is 12.4. The van der Waals surface area contributed by atoms with Crippen molar-refractivity contribution in [2.75, 3.05) is 7.11 Å². The van der Waals surface area contributed by atoms with Crippen LogP contribution in [0.2, 0.25) is 0 Å². The summed E-state index contributed by atoms with van der Waals surface area (Å²) >= 11 is 0. The number of hydrogen-bond donors (Lipinski definition) is 0. The first-order valence-electron chi connectivity index (χ1n) is 5.79. The molecule has 0 amide bonds. The molecule has 1 fully saturated rings. The van der Waals surface area contributed by atoms with Gasteiger partial charge in [0, 0.05) is 12.1 Å². The normalized spacial score (nSPS) is 14.5. The molecule has 1 aliphatic rings. The van der Waals surface area contributed by atoms with Gasteiger partial charge in [0.05, 0.1) is 24.4 Å². The van der Waals surface area contributed by atoms with Crippen LogP contribution in [0.5, 0.6) is 5.88 Å². The zero-order chi connectivity index (χ0) is 12.5. The molecule has 5 nitrogen and oxygen atoms in total. The monoisotopic (exact) mass is 244 g/mol. The highest BCUT2D eigenvalue weighted by atomic mass is 16.5. The molecule has 0 atom stereocenters. The van der Waals surface area contributed by atoms with E-state index < -0.39 is 0 Å². The Bertz CT molecular complexity index is 587. The number of hydrogen-bond acceptors (Lipinski definition) is 5. The molecular weight excluding hydrogens is 232 g/mol. The highest BCUT2D eigenvalue weighted by Crippen LogP contribution is 2.42.